The molecule has 31 heavy (non-hydrogen) atoms. The zero-order valence-corrected chi connectivity index (χ0v) is 18.9. The van der Waals surface area contributed by atoms with Gasteiger partial charge in [-0.2, -0.15) is 4.31 Å². The third-order valence-electron chi connectivity index (χ3n) is 4.30. The second-order valence-electron chi connectivity index (χ2n) is 6.49. The van der Waals surface area contributed by atoms with Gasteiger partial charge in [0.05, 0.1) is 11.6 Å². The van der Waals surface area contributed by atoms with E-state index in [1.165, 1.54) is 18.2 Å². The summed E-state index contributed by atoms with van der Waals surface area (Å²) in [4.78, 5) is 12.3. The minimum atomic E-state index is -4.00. The summed E-state index contributed by atoms with van der Waals surface area (Å²) in [7, 11) is -4.00. The predicted molar refractivity (Wildman–Crippen MR) is 122 cm³/mol. The summed E-state index contributed by atoms with van der Waals surface area (Å²) >= 11 is 12.0. The Morgan fingerprint density at radius 2 is 1.61 bits per heavy atom. The van der Waals surface area contributed by atoms with E-state index < -0.39 is 15.9 Å². The Kier molecular flexibility index (Phi) is 7.56. The zero-order chi connectivity index (χ0) is 22.4. The molecule has 0 unspecified atom stereocenters. The molecule has 0 aliphatic carbocycles. The van der Waals surface area contributed by atoms with Crippen LogP contribution in [0.5, 0.6) is 11.5 Å². The number of nitrogens with zero attached hydrogens (tertiary/aromatic N) is 1. The van der Waals surface area contributed by atoms with Crippen LogP contribution in [0.4, 0.5) is 5.69 Å². The summed E-state index contributed by atoms with van der Waals surface area (Å²) in [5.41, 5.74) is 0.514. The molecule has 3 aromatic rings. The Morgan fingerprint density at radius 1 is 0.968 bits per heavy atom. The lowest BCUT2D eigenvalue weighted by Crippen LogP contribution is -2.38. The quantitative estimate of drug-likeness (QED) is 0.467. The number of sulfonamides is 1. The van der Waals surface area contributed by atoms with E-state index in [2.05, 4.69) is 5.32 Å². The summed E-state index contributed by atoms with van der Waals surface area (Å²) in [5.74, 6) is 0.820. The Morgan fingerprint density at radius 3 is 2.26 bits per heavy atom. The number of carbonyl (C=O) groups excluding carboxylic acids is 1. The topological polar surface area (TPSA) is 75.7 Å². The largest absolute Gasteiger partial charge is 0.457 e. The van der Waals surface area contributed by atoms with Crippen molar-refractivity contribution < 1.29 is 17.9 Å². The molecular weight excluding hydrogens is 459 g/mol. The molecule has 1 N–H and O–H groups in total. The van der Waals surface area contributed by atoms with Gasteiger partial charge in [0.25, 0.3) is 0 Å². The molecule has 0 saturated heterocycles. The molecule has 9 heteroatoms. The van der Waals surface area contributed by atoms with Gasteiger partial charge in [-0.05, 0) is 54.6 Å². The van der Waals surface area contributed by atoms with Crippen LogP contribution in [-0.2, 0) is 14.8 Å². The molecule has 6 nitrogen and oxygen atoms in total. The van der Waals surface area contributed by atoms with Gasteiger partial charge in [-0.25, -0.2) is 8.42 Å². The average molecular weight is 479 g/mol. The highest BCUT2D eigenvalue weighted by Crippen LogP contribution is 2.28. The van der Waals surface area contributed by atoms with Gasteiger partial charge < -0.3 is 10.1 Å². The first-order valence-electron chi connectivity index (χ1n) is 9.37. The van der Waals surface area contributed by atoms with E-state index >= 15 is 0 Å². The lowest BCUT2D eigenvalue weighted by Gasteiger charge is -2.21. The van der Waals surface area contributed by atoms with Crippen LogP contribution < -0.4 is 10.1 Å². The van der Waals surface area contributed by atoms with Gasteiger partial charge in [0.15, 0.2) is 0 Å². The van der Waals surface area contributed by atoms with Crippen LogP contribution in [0.2, 0.25) is 10.0 Å². The maximum absolute atomic E-state index is 12.9. The van der Waals surface area contributed by atoms with E-state index in [1.54, 1.807) is 31.2 Å². The SMILES string of the molecule is CCN(CC(=O)Nc1ccc(Oc2ccccc2)cc1)S(=O)(=O)c1cc(Cl)ccc1Cl. The normalized spacial score (nSPS) is 11.4. The van der Waals surface area contributed by atoms with Crippen molar-refractivity contribution in [3.05, 3.63) is 82.8 Å². The number of anilines is 1. The van der Waals surface area contributed by atoms with Crippen molar-refractivity contribution in [3.8, 4) is 11.5 Å². The second-order valence-corrected chi connectivity index (χ2v) is 9.24. The van der Waals surface area contributed by atoms with E-state index in [-0.39, 0.29) is 28.0 Å². The van der Waals surface area contributed by atoms with Gasteiger partial charge in [-0.15, -0.1) is 0 Å². The zero-order valence-electron chi connectivity index (χ0n) is 16.6. The number of benzene rings is 3. The fourth-order valence-corrected chi connectivity index (χ4v) is 4.91. The lowest BCUT2D eigenvalue weighted by atomic mass is 10.3. The van der Waals surface area contributed by atoms with Crippen LogP contribution in [0, 0.1) is 0 Å². The number of rotatable bonds is 8. The van der Waals surface area contributed by atoms with Gasteiger partial charge in [0.2, 0.25) is 15.9 Å². The number of carbonyl (C=O) groups is 1. The molecule has 0 saturated carbocycles. The summed E-state index contributed by atoms with van der Waals surface area (Å²) in [5, 5.41) is 2.96. The third-order valence-corrected chi connectivity index (χ3v) is 6.94. The molecule has 1 amide bonds. The molecule has 0 heterocycles. The minimum absolute atomic E-state index is 0.0391. The van der Waals surface area contributed by atoms with E-state index in [4.69, 9.17) is 27.9 Å². The molecule has 0 bridgehead atoms. The molecule has 162 valence electrons. The highest BCUT2D eigenvalue weighted by atomic mass is 35.5. The Bertz CT molecular complexity index is 1150. The van der Waals surface area contributed by atoms with Crippen molar-refractivity contribution in [3.63, 3.8) is 0 Å². The number of hydrogen-bond acceptors (Lipinski definition) is 4. The van der Waals surface area contributed by atoms with E-state index in [0.717, 1.165) is 4.31 Å². The first kappa shape index (κ1) is 23.1. The number of amides is 1. The summed E-state index contributed by atoms with van der Waals surface area (Å²) in [6.45, 7) is 1.35. The summed E-state index contributed by atoms with van der Waals surface area (Å²) in [6.07, 6.45) is 0. The van der Waals surface area contributed by atoms with Gasteiger partial charge >= 0.3 is 0 Å². The van der Waals surface area contributed by atoms with Gasteiger partial charge in [-0.1, -0.05) is 48.3 Å². The van der Waals surface area contributed by atoms with Crippen molar-refractivity contribution in [2.45, 2.75) is 11.8 Å². The Hall–Kier alpha value is -2.58. The van der Waals surface area contributed by atoms with Crippen molar-refractivity contribution in [2.24, 2.45) is 0 Å². The lowest BCUT2D eigenvalue weighted by molar-refractivity contribution is -0.116. The van der Waals surface area contributed by atoms with E-state index in [0.29, 0.717) is 17.2 Å². The smallest absolute Gasteiger partial charge is 0.245 e. The first-order chi connectivity index (χ1) is 14.8. The fourth-order valence-electron chi connectivity index (χ4n) is 2.77. The Labute approximate surface area is 191 Å². The van der Waals surface area contributed by atoms with Crippen LogP contribution in [0.15, 0.2) is 77.7 Å². The summed E-state index contributed by atoms with van der Waals surface area (Å²) < 4.78 is 32.6. The highest BCUT2D eigenvalue weighted by molar-refractivity contribution is 7.89. The molecule has 3 aromatic carbocycles. The molecule has 0 atom stereocenters. The van der Waals surface area contributed by atoms with Gasteiger partial charge in [-0.3, -0.25) is 4.79 Å². The third kappa shape index (κ3) is 5.98. The average Bonchev–Trinajstić information content (AvgIpc) is 2.75. The maximum Gasteiger partial charge on any atom is 0.245 e. The predicted octanol–water partition coefficient (Wildman–Crippen LogP) is 5.44. The second kappa shape index (κ2) is 10.2. The molecule has 0 aromatic heterocycles. The summed E-state index contributed by atoms with van der Waals surface area (Å²) in [6, 6.07) is 20.2. The van der Waals surface area contributed by atoms with Crippen molar-refractivity contribution >= 4 is 44.8 Å². The molecular formula is C22H20Cl2N2O4S. The number of likely N-dealkylation sites (N-methyl/N-ethyl adjacent to an activating group) is 1. The van der Waals surface area contributed by atoms with Gasteiger partial charge in [0.1, 0.15) is 16.4 Å². The van der Waals surface area contributed by atoms with Crippen LogP contribution >= 0.6 is 23.2 Å². The number of ether oxygens (including phenoxy) is 1. The molecule has 0 aliphatic rings. The number of hydrogen-bond donors (Lipinski definition) is 1. The Balaban J connectivity index is 1.66. The van der Waals surface area contributed by atoms with Gasteiger partial charge in [0, 0.05) is 17.3 Å². The molecule has 0 spiro atoms. The van der Waals surface area contributed by atoms with E-state index in [1.807, 2.05) is 30.3 Å². The number of nitrogens with one attached hydrogen (secondary N) is 1. The van der Waals surface area contributed by atoms with Crippen LogP contribution in [0.25, 0.3) is 0 Å². The maximum atomic E-state index is 12.9. The standard InChI is InChI=1S/C22H20Cl2N2O4S/c1-2-26(31(28,29)21-14-16(23)8-13-20(21)24)15-22(27)25-17-9-11-19(12-10-17)30-18-6-4-3-5-7-18/h3-14H,2,15H2,1H3,(H,25,27). The molecule has 0 radical (unpaired) electrons. The van der Waals surface area contributed by atoms with Crippen LogP contribution in [0.1, 0.15) is 6.92 Å². The first-order valence-corrected chi connectivity index (χ1v) is 11.6. The van der Waals surface area contributed by atoms with Crippen molar-refractivity contribution in [1.29, 1.82) is 0 Å². The van der Waals surface area contributed by atoms with Crippen LogP contribution in [0.3, 0.4) is 0 Å². The number of para-hydroxylation sites is 1. The van der Waals surface area contributed by atoms with E-state index in [9.17, 15) is 13.2 Å². The molecule has 0 aliphatic heterocycles. The molecule has 3 rings (SSSR count). The van der Waals surface area contributed by atoms with Crippen molar-refractivity contribution in [2.75, 3.05) is 18.4 Å². The molecule has 0 fully saturated rings. The van der Waals surface area contributed by atoms with Crippen molar-refractivity contribution in [1.82, 2.24) is 4.31 Å². The highest BCUT2D eigenvalue weighted by Gasteiger charge is 2.27. The van der Waals surface area contributed by atoms with Crippen LogP contribution in [-0.4, -0.2) is 31.7 Å². The monoisotopic (exact) mass is 478 g/mol. The fraction of sp³-hybridized carbons (Fsp3) is 0.136. The number of halogens is 2. The minimum Gasteiger partial charge on any atom is -0.457 e.